The van der Waals surface area contributed by atoms with E-state index in [0.717, 1.165) is 45.4 Å². The van der Waals surface area contributed by atoms with Crippen LogP contribution in [0.15, 0.2) is 0 Å². The second kappa shape index (κ2) is 13.0. The predicted octanol–water partition coefficient (Wildman–Crippen LogP) is 6.02. The molecule has 5 aliphatic carbocycles. The minimum atomic E-state index is -2.56. The average Bonchev–Trinajstić information content (AvgIpc) is 3.62. The number of rotatable bonds is 9. The molecule has 2 aliphatic heterocycles. The largest absolute Gasteiger partial charge is 0.390 e. The summed E-state index contributed by atoms with van der Waals surface area (Å²) in [5, 5.41) is 23.4. The van der Waals surface area contributed by atoms with Gasteiger partial charge in [-0.05, 0) is 136 Å². The van der Waals surface area contributed by atoms with Crippen molar-refractivity contribution in [3.05, 3.63) is 0 Å². The van der Waals surface area contributed by atoms with Crippen LogP contribution in [0.4, 0.5) is 0 Å². The van der Waals surface area contributed by atoms with Crippen LogP contribution in [0.3, 0.4) is 0 Å². The summed E-state index contributed by atoms with van der Waals surface area (Å²) in [7, 11) is -2.56. The van der Waals surface area contributed by atoms with Crippen LogP contribution in [0, 0.1) is 45.3 Å². The van der Waals surface area contributed by atoms with Gasteiger partial charge in [-0.25, -0.2) is 4.72 Å². The van der Waals surface area contributed by atoms with Crippen molar-refractivity contribution in [2.24, 2.45) is 45.3 Å². The molecule has 2 spiro atoms. The van der Waals surface area contributed by atoms with Crippen molar-refractivity contribution in [1.82, 2.24) is 9.62 Å². The summed E-state index contributed by atoms with van der Waals surface area (Å²) >= 11 is 0. The van der Waals surface area contributed by atoms with E-state index in [-0.39, 0.29) is 48.8 Å². The highest BCUT2D eigenvalue weighted by atomic mass is 32.2. The molecule has 5 saturated carbocycles. The molecule has 0 bridgehead atoms. The Hall–Kier alpha value is -0.260. The van der Waals surface area contributed by atoms with Gasteiger partial charge in [0.25, 0.3) is 0 Å². The van der Waals surface area contributed by atoms with Crippen LogP contribution in [-0.4, -0.2) is 99.5 Å². The summed E-state index contributed by atoms with van der Waals surface area (Å²) in [6, 6.07) is 0.0844. The molecular formula is C40H72N2O6S. The summed E-state index contributed by atoms with van der Waals surface area (Å²) in [5.41, 5.74) is -0.320. The van der Waals surface area contributed by atoms with E-state index >= 15 is 0 Å². The SMILES string of the molecule is C.C=S(C)(=O)NC(C1CC[C@H]2C(O1)[C@H](O)C1C3CCC4C(C)(C)C(OC5CN(C(CC)CC)CCO5)CCC45CC35CCC12C)C(C)(C)O. The number of morpholine rings is 1. The zero-order chi connectivity index (χ0) is 34.7. The lowest BCUT2D eigenvalue weighted by Crippen LogP contribution is -2.59. The first-order valence-corrected chi connectivity index (χ1v) is 21.7. The van der Waals surface area contributed by atoms with E-state index in [4.69, 9.17) is 14.2 Å². The highest BCUT2D eigenvalue weighted by Gasteiger charge is 2.81. The number of nitrogens with zero attached hydrogens (tertiary/aromatic N) is 1. The third kappa shape index (κ3) is 6.03. The fraction of sp³-hybridized carbons (Fsp3) is 0.975. The summed E-state index contributed by atoms with van der Waals surface area (Å²) < 4.78 is 35.9. The molecule has 14 atom stereocenters. The molecule has 0 aromatic carbocycles. The Morgan fingerprint density at radius 1 is 1.04 bits per heavy atom. The maximum atomic E-state index is 12.7. The van der Waals surface area contributed by atoms with Crippen LogP contribution in [0.25, 0.3) is 0 Å². The van der Waals surface area contributed by atoms with Crippen molar-refractivity contribution in [3.63, 3.8) is 0 Å². The number of ether oxygens (including phenoxy) is 3. The van der Waals surface area contributed by atoms with Gasteiger partial charge in [0.05, 0.1) is 42.7 Å². The fourth-order valence-corrected chi connectivity index (χ4v) is 14.7. The highest BCUT2D eigenvalue weighted by Crippen LogP contribution is 2.87. The van der Waals surface area contributed by atoms with Gasteiger partial charge < -0.3 is 24.4 Å². The van der Waals surface area contributed by atoms with E-state index in [2.05, 4.69) is 50.1 Å². The number of fused-ring (bicyclic) bond motifs is 4. The standard InChI is InChI=1S/C39H68N2O6S.CH4/c1-10-24(11-2)41-20-21-45-30(22-41)47-29-16-17-39-23-38(39)19-18-37(7)26-12-14-27(34(36(5,6)43)40-48(8,9)44)46-33(26)32(42)31(37)25(38)13-15-28(39)35(29,3)4;/h24-34,42-43H,8,10-23H2,1-7,9H3,(H,40,44);1H4/t25?,26-,27?,28?,29?,30?,31?,32+,33?,34?,37?,38?,39?,48?;/m0./s1. The molecule has 0 amide bonds. The molecule has 2 heterocycles. The lowest BCUT2D eigenvalue weighted by molar-refractivity contribution is -0.248. The number of aliphatic hydroxyl groups is 2. The summed E-state index contributed by atoms with van der Waals surface area (Å²) in [6.07, 6.45) is 13.1. The van der Waals surface area contributed by atoms with E-state index < -0.39 is 27.5 Å². The minimum absolute atomic E-state index is 0. The van der Waals surface area contributed by atoms with Gasteiger partial charge in [0.15, 0.2) is 6.29 Å². The lowest BCUT2D eigenvalue weighted by Gasteiger charge is -2.60. The Morgan fingerprint density at radius 2 is 1.73 bits per heavy atom. The van der Waals surface area contributed by atoms with Crippen LogP contribution in [0.5, 0.6) is 0 Å². The van der Waals surface area contributed by atoms with Crippen molar-refractivity contribution in [2.45, 2.75) is 175 Å². The molecule has 0 aromatic heterocycles. The second-order valence-electron chi connectivity index (χ2n) is 19.1. The third-order valence-electron chi connectivity index (χ3n) is 15.9. The third-order valence-corrected chi connectivity index (χ3v) is 16.7. The molecule has 7 aliphatic rings. The maximum Gasteiger partial charge on any atom is 0.170 e. The van der Waals surface area contributed by atoms with E-state index in [9.17, 15) is 14.4 Å². The number of hydrogen-bond donors (Lipinski definition) is 3. The monoisotopic (exact) mass is 709 g/mol. The second-order valence-corrected chi connectivity index (χ2v) is 21.3. The van der Waals surface area contributed by atoms with Gasteiger partial charge in [-0.3, -0.25) is 9.11 Å². The van der Waals surface area contributed by atoms with Crippen LogP contribution in [-0.2, 0) is 23.9 Å². The maximum absolute atomic E-state index is 12.7. The normalized spacial score (nSPS) is 47.8. The molecule has 0 aromatic rings. The van der Waals surface area contributed by atoms with E-state index in [1.54, 1.807) is 20.1 Å². The first-order chi connectivity index (χ1) is 22.4. The average molecular weight is 709 g/mol. The topological polar surface area (TPSA) is 100 Å². The molecule has 3 N–H and O–H groups in total. The summed E-state index contributed by atoms with van der Waals surface area (Å²) in [6.45, 7) is 18.2. The Balaban J connectivity index is 0.00000417. The Labute approximate surface area is 299 Å². The first kappa shape index (κ1) is 38.5. The van der Waals surface area contributed by atoms with Crippen molar-refractivity contribution in [2.75, 3.05) is 26.0 Å². The van der Waals surface area contributed by atoms with Crippen LogP contribution in [0.2, 0.25) is 0 Å². The van der Waals surface area contributed by atoms with Gasteiger partial charge in [-0.15, -0.1) is 0 Å². The molecule has 2 saturated heterocycles. The van der Waals surface area contributed by atoms with Crippen LogP contribution in [0.1, 0.15) is 127 Å². The lowest BCUT2D eigenvalue weighted by atomic mass is 9.46. The number of nitrogens with one attached hydrogen (secondary N) is 1. The Kier molecular flexibility index (Phi) is 10.2. The molecule has 7 rings (SSSR count). The zero-order valence-electron chi connectivity index (χ0n) is 31.3. The van der Waals surface area contributed by atoms with Gasteiger partial charge >= 0.3 is 0 Å². The molecule has 12 unspecified atom stereocenters. The highest BCUT2D eigenvalue weighted by molar-refractivity contribution is 7.97. The number of hydrogen-bond acceptors (Lipinski definition) is 7. The van der Waals surface area contributed by atoms with Gasteiger partial charge in [-0.1, -0.05) is 42.0 Å². The first-order valence-electron chi connectivity index (χ1n) is 19.6. The minimum Gasteiger partial charge on any atom is -0.390 e. The number of aliphatic hydroxyl groups excluding tert-OH is 1. The van der Waals surface area contributed by atoms with E-state index in [0.29, 0.717) is 34.6 Å². The summed E-state index contributed by atoms with van der Waals surface area (Å²) in [4.78, 5) is 2.59. The van der Waals surface area contributed by atoms with Crippen molar-refractivity contribution in [3.8, 4) is 0 Å². The molecule has 284 valence electrons. The van der Waals surface area contributed by atoms with Gasteiger partial charge in [0, 0.05) is 35.1 Å². The van der Waals surface area contributed by atoms with E-state index in [1.165, 1.54) is 44.9 Å². The van der Waals surface area contributed by atoms with Crippen molar-refractivity contribution in [1.29, 1.82) is 0 Å². The van der Waals surface area contributed by atoms with Gasteiger partial charge in [-0.2, -0.15) is 0 Å². The molecular weight excluding hydrogens is 637 g/mol. The summed E-state index contributed by atoms with van der Waals surface area (Å²) in [5.74, 6) is 5.51. The molecule has 49 heavy (non-hydrogen) atoms. The van der Waals surface area contributed by atoms with E-state index in [1.807, 2.05) is 0 Å². The fourth-order valence-electron chi connectivity index (χ4n) is 13.8. The predicted molar refractivity (Wildman–Crippen MR) is 199 cm³/mol. The molecule has 8 nitrogen and oxygen atoms in total. The smallest absolute Gasteiger partial charge is 0.170 e. The zero-order valence-corrected chi connectivity index (χ0v) is 32.2. The van der Waals surface area contributed by atoms with Crippen LogP contribution >= 0.6 is 0 Å². The van der Waals surface area contributed by atoms with Gasteiger partial charge in [0.2, 0.25) is 0 Å². The molecule has 9 heteroatoms. The van der Waals surface area contributed by atoms with Gasteiger partial charge in [0.1, 0.15) is 0 Å². The Morgan fingerprint density at radius 3 is 2.39 bits per heavy atom. The van der Waals surface area contributed by atoms with Crippen molar-refractivity contribution < 1.29 is 28.6 Å². The molecule has 7 fully saturated rings. The quantitative estimate of drug-likeness (QED) is 0.252. The van der Waals surface area contributed by atoms with Crippen molar-refractivity contribution >= 4 is 15.6 Å². The molecule has 0 radical (unpaired) electrons. The Bertz CT molecular complexity index is 1310. The van der Waals surface area contributed by atoms with Crippen LogP contribution < -0.4 is 4.72 Å².